The van der Waals surface area contributed by atoms with Crippen molar-refractivity contribution in [2.75, 3.05) is 13.1 Å². The zero-order chi connectivity index (χ0) is 19.0. The van der Waals surface area contributed by atoms with Crippen LogP contribution in [-0.2, 0) is 11.2 Å². The van der Waals surface area contributed by atoms with Crippen molar-refractivity contribution in [3.05, 3.63) is 46.5 Å². The van der Waals surface area contributed by atoms with Crippen molar-refractivity contribution in [1.82, 2.24) is 20.1 Å². The van der Waals surface area contributed by atoms with Gasteiger partial charge in [0.1, 0.15) is 5.82 Å². The molecule has 27 heavy (non-hydrogen) atoms. The van der Waals surface area contributed by atoms with Crippen LogP contribution < -0.4 is 0 Å². The Hall–Kier alpha value is -1.88. The maximum atomic E-state index is 13.0. The van der Waals surface area contributed by atoms with Gasteiger partial charge in [-0.25, -0.2) is 4.98 Å². The smallest absolute Gasteiger partial charge is 0.227 e. The molecular weight excluding hydrogens is 360 g/mol. The van der Waals surface area contributed by atoms with E-state index in [2.05, 4.69) is 24.0 Å². The second-order valence-electron chi connectivity index (χ2n) is 8.40. The van der Waals surface area contributed by atoms with E-state index in [1.54, 1.807) is 0 Å². The first kappa shape index (κ1) is 18.5. The number of benzene rings is 1. The molecule has 6 heteroatoms. The molecule has 1 saturated heterocycles. The third-order valence-corrected chi connectivity index (χ3v) is 6.63. The lowest BCUT2D eigenvalue weighted by Crippen LogP contribution is -2.32. The minimum absolute atomic E-state index is 0.143. The summed E-state index contributed by atoms with van der Waals surface area (Å²) in [5.74, 6) is 2.51. The molecule has 2 fully saturated rings. The highest BCUT2D eigenvalue weighted by Gasteiger charge is 2.51. The van der Waals surface area contributed by atoms with E-state index in [0.29, 0.717) is 17.4 Å². The highest BCUT2D eigenvalue weighted by atomic mass is 35.5. The zero-order valence-electron chi connectivity index (χ0n) is 16.0. The molecule has 1 atom stereocenters. The molecule has 2 heterocycles. The summed E-state index contributed by atoms with van der Waals surface area (Å²) >= 11 is 6.26. The first-order valence-corrected chi connectivity index (χ1v) is 10.3. The maximum absolute atomic E-state index is 13.0. The van der Waals surface area contributed by atoms with E-state index in [0.717, 1.165) is 43.1 Å². The van der Waals surface area contributed by atoms with Crippen molar-refractivity contribution < 1.29 is 4.79 Å². The van der Waals surface area contributed by atoms with E-state index in [1.165, 1.54) is 12.8 Å². The van der Waals surface area contributed by atoms with Crippen molar-refractivity contribution in [1.29, 1.82) is 0 Å². The van der Waals surface area contributed by atoms with Gasteiger partial charge in [-0.15, -0.1) is 0 Å². The molecule has 1 amide bonds. The molecule has 1 spiro atoms. The van der Waals surface area contributed by atoms with Gasteiger partial charge in [0.2, 0.25) is 5.91 Å². The van der Waals surface area contributed by atoms with Gasteiger partial charge >= 0.3 is 0 Å². The zero-order valence-corrected chi connectivity index (χ0v) is 16.8. The van der Waals surface area contributed by atoms with Crippen LogP contribution in [0.1, 0.15) is 68.6 Å². The minimum Gasteiger partial charge on any atom is -0.341 e. The summed E-state index contributed by atoms with van der Waals surface area (Å²) in [6.07, 6.45) is 5.13. The number of rotatable bonds is 4. The molecular formula is C21H27ClN4O. The second kappa shape index (κ2) is 7.27. The number of hydrogen-bond donors (Lipinski definition) is 1. The van der Waals surface area contributed by atoms with Crippen LogP contribution in [0.5, 0.6) is 0 Å². The summed E-state index contributed by atoms with van der Waals surface area (Å²) in [6.45, 7) is 5.74. The van der Waals surface area contributed by atoms with E-state index in [9.17, 15) is 4.79 Å². The number of nitrogens with zero attached hydrogens (tertiary/aromatic N) is 3. The highest BCUT2D eigenvalue weighted by molar-refractivity contribution is 6.31. The number of likely N-dealkylation sites (tertiary alicyclic amines) is 1. The molecule has 0 bridgehead atoms. The van der Waals surface area contributed by atoms with Crippen LogP contribution in [0.4, 0.5) is 0 Å². The predicted octanol–water partition coefficient (Wildman–Crippen LogP) is 4.31. The Labute approximate surface area is 165 Å². The van der Waals surface area contributed by atoms with Crippen LogP contribution >= 0.6 is 11.6 Å². The van der Waals surface area contributed by atoms with Crippen LogP contribution in [0.3, 0.4) is 0 Å². The molecule has 1 aromatic heterocycles. The Kier molecular flexibility index (Phi) is 4.97. The fraction of sp³-hybridized carbons (Fsp3) is 0.571. The summed E-state index contributed by atoms with van der Waals surface area (Å²) in [5.41, 5.74) is 1.04. The highest BCUT2D eigenvalue weighted by Crippen LogP contribution is 2.52. The number of nitrogens with one attached hydrogen (secondary N) is 1. The van der Waals surface area contributed by atoms with Crippen molar-refractivity contribution >= 4 is 17.5 Å². The number of aromatic nitrogens is 3. The van der Waals surface area contributed by atoms with Crippen LogP contribution in [0.15, 0.2) is 24.3 Å². The number of amides is 1. The van der Waals surface area contributed by atoms with Gasteiger partial charge in [0.25, 0.3) is 0 Å². The molecule has 0 radical (unpaired) electrons. The van der Waals surface area contributed by atoms with E-state index in [4.69, 9.17) is 16.6 Å². The summed E-state index contributed by atoms with van der Waals surface area (Å²) in [6, 6.07) is 7.61. The predicted molar refractivity (Wildman–Crippen MR) is 106 cm³/mol. The summed E-state index contributed by atoms with van der Waals surface area (Å²) in [7, 11) is 0. The normalized spacial score (nSPS) is 21.5. The van der Waals surface area contributed by atoms with Gasteiger partial charge in [-0.3, -0.25) is 9.89 Å². The fourth-order valence-electron chi connectivity index (χ4n) is 4.74. The van der Waals surface area contributed by atoms with Crippen molar-refractivity contribution in [3.63, 3.8) is 0 Å². The van der Waals surface area contributed by atoms with E-state index >= 15 is 0 Å². The van der Waals surface area contributed by atoms with E-state index < -0.39 is 0 Å². The monoisotopic (exact) mass is 386 g/mol. The molecule has 2 aliphatic rings. The molecule has 1 aliphatic carbocycles. The molecule has 2 aromatic rings. The topological polar surface area (TPSA) is 61.9 Å². The van der Waals surface area contributed by atoms with Gasteiger partial charge in [0.05, 0.1) is 6.42 Å². The molecule has 4 rings (SSSR count). The lowest BCUT2D eigenvalue weighted by atomic mass is 9.76. The molecule has 5 nitrogen and oxygen atoms in total. The van der Waals surface area contributed by atoms with Gasteiger partial charge in [-0.2, -0.15) is 5.10 Å². The number of carbonyl (C=O) groups is 1. The number of hydrogen-bond acceptors (Lipinski definition) is 3. The maximum Gasteiger partial charge on any atom is 0.227 e. The first-order valence-electron chi connectivity index (χ1n) is 9.92. The van der Waals surface area contributed by atoms with Gasteiger partial charge in [0.15, 0.2) is 5.82 Å². The Balaban J connectivity index is 1.56. The Morgan fingerprint density at radius 1 is 1.33 bits per heavy atom. The second-order valence-corrected chi connectivity index (χ2v) is 8.81. The van der Waals surface area contributed by atoms with Crippen LogP contribution in [0.25, 0.3) is 0 Å². The Bertz CT molecular complexity index is 825. The van der Waals surface area contributed by atoms with Crippen molar-refractivity contribution in [2.24, 2.45) is 5.41 Å². The quantitative estimate of drug-likeness (QED) is 0.851. The standard InChI is InChI=1S/C21H27ClN4O/c1-14(2)19-23-20(25-24-19)16-12-26(13-21(16)9-5-6-10-21)18(27)11-15-7-3-4-8-17(15)22/h3-4,7-8,14,16H,5-6,9-13H2,1-2H3,(H,23,24,25). The van der Waals surface area contributed by atoms with E-state index in [-0.39, 0.29) is 17.2 Å². The van der Waals surface area contributed by atoms with Crippen LogP contribution in [-0.4, -0.2) is 39.1 Å². The number of aromatic amines is 1. The van der Waals surface area contributed by atoms with Gasteiger partial charge in [-0.05, 0) is 29.9 Å². The summed E-state index contributed by atoms with van der Waals surface area (Å²) < 4.78 is 0. The third kappa shape index (κ3) is 3.49. The Morgan fingerprint density at radius 2 is 2.07 bits per heavy atom. The largest absolute Gasteiger partial charge is 0.341 e. The number of halogens is 1. The molecule has 1 aliphatic heterocycles. The summed E-state index contributed by atoms with van der Waals surface area (Å²) in [5, 5.41) is 8.25. The third-order valence-electron chi connectivity index (χ3n) is 6.27. The lowest BCUT2D eigenvalue weighted by molar-refractivity contribution is -0.129. The first-order chi connectivity index (χ1) is 13.0. The molecule has 1 unspecified atom stereocenters. The van der Waals surface area contributed by atoms with E-state index in [1.807, 2.05) is 29.2 Å². The van der Waals surface area contributed by atoms with Gasteiger partial charge in [0, 0.05) is 29.9 Å². The molecule has 1 N–H and O–H groups in total. The molecule has 144 valence electrons. The number of carbonyl (C=O) groups excluding carboxylic acids is 1. The molecule has 1 aromatic carbocycles. The summed E-state index contributed by atoms with van der Waals surface area (Å²) in [4.78, 5) is 19.8. The minimum atomic E-state index is 0.143. The lowest BCUT2D eigenvalue weighted by Gasteiger charge is -2.28. The van der Waals surface area contributed by atoms with Crippen molar-refractivity contribution in [2.45, 2.75) is 57.8 Å². The van der Waals surface area contributed by atoms with Crippen LogP contribution in [0, 0.1) is 5.41 Å². The SMILES string of the molecule is CC(C)c1n[nH]c(C2CN(C(=O)Cc3ccccc3Cl)CC23CCCC3)n1. The van der Waals surface area contributed by atoms with Gasteiger partial charge < -0.3 is 4.90 Å². The fourth-order valence-corrected chi connectivity index (χ4v) is 4.94. The van der Waals surface area contributed by atoms with Crippen molar-refractivity contribution in [3.8, 4) is 0 Å². The Morgan fingerprint density at radius 3 is 2.74 bits per heavy atom. The van der Waals surface area contributed by atoms with Gasteiger partial charge in [-0.1, -0.05) is 56.5 Å². The number of H-pyrrole nitrogens is 1. The average molecular weight is 387 g/mol. The average Bonchev–Trinajstić information content (AvgIpc) is 3.38. The molecule has 1 saturated carbocycles. The van der Waals surface area contributed by atoms with Crippen LogP contribution in [0.2, 0.25) is 5.02 Å².